The van der Waals surface area contributed by atoms with Crippen LogP contribution in [0.3, 0.4) is 0 Å². The van der Waals surface area contributed by atoms with Crippen molar-refractivity contribution < 1.29 is 19.1 Å². The highest BCUT2D eigenvalue weighted by Crippen LogP contribution is 2.45. The van der Waals surface area contributed by atoms with Gasteiger partial charge in [-0.15, -0.1) is 0 Å². The predicted molar refractivity (Wildman–Crippen MR) is 135 cm³/mol. The molecule has 3 aliphatic rings. The highest BCUT2D eigenvalue weighted by atomic mass is 16.6. The third-order valence-corrected chi connectivity index (χ3v) is 7.89. The summed E-state index contributed by atoms with van der Waals surface area (Å²) in [6.07, 6.45) is 10.7. The predicted octanol–water partition coefficient (Wildman–Crippen LogP) is 3.87. The topological polar surface area (TPSA) is 88.6 Å². The fourth-order valence-corrected chi connectivity index (χ4v) is 5.94. The Labute approximate surface area is 211 Å². The molecule has 1 saturated carbocycles. The van der Waals surface area contributed by atoms with Crippen molar-refractivity contribution in [2.45, 2.75) is 70.6 Å². The number of nitrogens with one attached hydrogen (secondary N) is 1. The zero-order valence-electron chi connectivity index (χ0n) is 20.8. The van der Waals surface area contributed by atoms with Crippen molar-refractivity contribution in [1.29, 1.82) is 0 Å². The SMILES string of the molecule is Cc1ncc2c(c1CNC(=O)/C=C/c1ccccc1)CCN(C(=O)[C@@H]1CC(=O)OC13CCCCC3)C2. The molecule has 188 valence electrons. The minimum atomic E-state index is -0.610. The van der Waals surface area contributed by atoms with E-state index in [-0.39, 0.29) is 30.1 Å². The van der Waals surface area contributed by atoms with Crippen LogP contribution in [-0.2, 0) is 38.6 Å². The van der Waals surface area contributed by atoms with Gasteiger partial charge in [-0.25, -0.2) is 0 Å². The van der Waals surface area contributed by atoms with Crippen molar-refractivity contribution in [3.05, 3.63) is 70.6 Å². The number of aromatic nitrogens is 1. The number of hydrogen-bond donors (Lipinski definition) is 1. The van der Waals surface area contributed by atoms with Crippen LogP contribution in [-0.4, -0.2) is 39.8 Å². The number of aryl methyl sites for hydroxylation is 1. The Morgan fingerprint density at radius 1 is 1.19 bits per heavy atom. The molecule has 7 nitrogen and oxygen atoms in total. The molecule has 2 aromatic rings. The van der Waals surface area contributed by atoms with E-state index in [1.807, 2.05) is 48.4 Å². The van der Waals surface area contributed by atoms with Crippen LogP contribution in [0.4, 0.5) is 0 Å². The molecule has 5 rings (SSSR count). The highest BCUT2D eigenvalue weighted by molar-refractivity contribution is 5.91. The molecule has 1 atom stereocenters. The van der Waals surface area contributed by atoms with E-state index in [0.29, 0.717) is 26.1 Å². The summed E-state index contributed by atoms with van der Waals surface area (Å²) in [6, 6.07) is 9.70. The molecule has 2 amide bonds. The summed E-state index contributed by atoms with van der Waals surface area (Å²) in [5.74, 6) is -0.772. The number of benzene rings is 1. The highest BCUT2D eigenvalue weighted by Gasteiger charge is 2.54. The number of nitrogens with zero attached hydrogens (tertiary/aromatic N) is 2. The van der Waals surface area contributed by atoms with E-state index >= 15 is 0 Å². The number of carbonyl (C=O) groups is 3. The molecular weight excluding hydrogens is 454 g/mol. The standard InChI is InChI=1S/C29H33N3O4/c1-20-24(18-31-26(33)11-10-21-8-4-2-5-9-21)23-12-15-32(19-22(23)17-30-20)28(35)25-16-27(34)36-29(25)13-6-3-7-14-29/h2,4-5,8-11,17,25H,3,6-7,12-16,18-19H2,1H3,(H,31,33)/b11-10+/t25-/m0/s1. The lowest BCUT2D eigenvalue weighted by molar-refractivity contribution is -0.156. The first kappa shape index (κ1) is 24.2. The summed E-state index contributed by atoms with van der Waals surface area (Å²) < 4.78 is 5.78. The van der Waals surface area contributed by atoms with E-state index in [0.717, 1.165) is 60.1 Å². The quantitative estimate of drug-likeness (QED) is 0.511. The molecule has 0 radical (unpaired) electrons. The van der Waals surface area contributed by atoms with Gasteiger partial charge in [0.1, 0.15) is 5.60 Å². The summed E-state index contributed by atoms with van der Waals surface area (Å²) in [4.78, 5) is 44.7. The number of fused-ring (bicyclic) bond motifs is 1. The van der Waals surface area contributed by atoms with Crippen LogP contribution in [0.5, 0.6) is 0 Å². The van der Waals surface area contributed by atoms with Gasteiger partial charge in [0.15, 0.2) is 0 Å². The van der Waals surface area contributed by atoms with Gasteiger partial charge in [0.2, 0.25) is 11.8 Å². The summed E-state index contributed by atoms with van der Waals surface area (Å²) >= 11 is 0. The van der Waals surface area contributed by atoms with Crippen molar-refractivity contribution >= 4 is 23.9 Å². The van der Waals surface area contributed by atoms with Crippen LogP contribution in [0.15, 0.2) is 42.6 Å². The Balaban J connectivity index is 1.26. The Hall–Kier alpha value is -3.48. The second-order valence-corrected chi connectivity index (χ2v) is 10.2. The van der Waals surface area contributed by atoms with Crippen LogP contribution in [0, 0.1) is 12.8 Å². The lowest BCUT2D eigenvalue weighted by atomic mass is 9.75. The number of rotatable bonds is 5. The number of amides is 2. The van der Waals surface area contributed by atoms with Crippen LogP contribution < -0.4 is 5.32 Å². The lowest BCUT2D eigenvalue weighted by Gasteiger charge is -2.39. The van der Waals surface area contributed by atoms with Crippen LogP contribution in [0.2, 0.25) is 0 Å². The molecule has 1 saturated heterocycles. The van der Waals surface area contributed by atoms with Gasteiger partial charge in [-0.3, -0.25) is 19.4 Å². The minimum Gasteiger partial charge on any atom is -0.458 e. The molecule has 1 aromatic carbocycles. The first-order valence-corrected chi connectivity index (χ1v) is 12.9. The fraction of sp³-hybridized carbons (Fsp3) is 0.448. The largest absolute Gasteiger partial charge is 0.458 e. The summed E-state index contributed by atoms with van der Waals surface area (Å²) in [7, 11) is 0. The van der Waals surface area contributed by atoms with Crippen molar-refractivity contribution in [2.24, 2.45) is 5.92 Å². The second-order valence-electron chi connectivity index (χ2n) is 10.2. The van der Waals surface area contributed by atoms with E-state index in [4.69, 9.17) is 4.74 Å². The zero-order chi connectivity index (χ0) is 25.1. The molecule has 1 aliphatic carbocycles. The van der Waals surface area contributed by atoms with Crippen molar-refractivity contribution in [3.8, 4) is 0 Å². The average Bonchev–Trinajstić information content (AvgIpc) is 3.21. The second kappa shape index (κ2) is 10.2. The molecule has 1 spiro atoms. The fourth-order valence-electron chi connectivity index (χ4n) is 5.94. The van der Waals surface area contributed by atoms with Gasteiger partial charge in [0.25, 0.3) is 0 Å². The van der Waals surface area contributed by atoms with E-state index < -0.39 is 5.60 Å². The van der Waals surface area contributed by atoms with Crippen molar-refractivity contribution in [1.82, 2.24) is 15.2 Å². The number of esters is 1. The summed E-state index contributed by atoms with van der Waals surface area (Å²) in [6.45, 7) is 3.40. The Morgan fingerprint density at radius 3 is 2.75 bits per heavy atom. The van der Waals surface area contributed by atoms with Gasteiger partial charge in [-0.1, -0.05) is 36.8 Å². The van der Waals surface area contributed by atoms with E-state index in [2.05, 4.69) is 10.3 Å². The average molecular weight is 488 g/mol. The van der Waals surface area contributed by atoms with Crippen LogP contribution >= 0.6 is 0 Å². The molecule has 2 aliphatic heterocycles. The number of ether oxygens (including phenoxy) is 1. The maximum Gasteiger partial charge on any atom is 0.307 e. The Bertz CT molecular complexity index is 1180. The molecule has 0 unspecified atom stereocenters. The van der Waals surface area contributed by atoms with Gasteiger partial charge in [-0.2, -0.15) is 0 Å². The van der Waals surface area contributed by atoms with E-state index in [1.165, 1.54) is 0 Å². The maximum absolute atomic E-state index is 13.6. The summed E-state index contributed by atoms with van der Waals surface area (Å²) in [5, 5.41) is 2.98. The zero-order valence-corrected chi connectivity index (χ0v) is 20.8. The maximum atomic E-state index is 13.6. The smallest absolute Gasteiger partial charge is 0.307 e. The molecule has 1 aromatic heterocycles. The normalized spacial score (nSPS) is 20.9. The Kier molecular flexibility index (Phi) is 6.90. The first-order valence-electron chi connectivity index (χ1n) is 12.9. The van der Waals surface area contributed by atoms with Gasteiger partial charge in [0.05, 0.1) is 12.3 Å². The third-order valence-electron chi connectivity index (χ3n) is 7.89. The molecule has 0 bridgehead atoms. The van der Waals surface area contributed by atoms with E-state index in [9.17, 15) is 14.4 Å². The van der Waals surface area contributed by atoms with Gasteiger partial charge < -0.3 is 15.0 Å². The van der Waals surface area contributed by atoms with E-state index in [1.54, 1.807) is 12.2 Å². The van der Waals surface area contributed by atoms with Gasteiger partial charge in [-0.05, 0) is 67.4 Å². The number of carbonyl (C=O) groups excluding carboxylic acids is 3. The molecule has 1 N–H and O–H groups in total. The molecule has 3 heterocycles. The van der Waals surface area contributed by atoms with Crippen molar-refractivity contribution in [2.75, 3.05) is 6.54 Å². The third kappa shape index (κ3) is 4.92. The Morgan fingerprint density at radius 2 is 1.97 bits per heavy atom. The van der Waals surface area contributed by atoms with Gasteiger partial charge in [0, 0.05) is 37.6 Å². The van der Waals surface area contributed by atoms with Crippen LogP contribution in [0.25, 0.3) is 6.08 Å². The molecular formula is C29H33N3O4. The monoisotopic (exact) mass is 487 g/mol. The number of hydrogen-bond acceptors (Lipinski definition) is 5. The van der Waals surface area contributed by atoms with Crippen molar-refractivity contribution in [3.63, 3.8) is 0 Å². The summed E-state index contributed by atoms with van der Waals surface area (Å²) in [5.41, 5.74) is 4.43. The van der Waals surface area contributed by atoms with Gasteiger partial charge >= 0.3 is 5.97 Å². The first-order chi connectivity index (χ1) is 17.4. The lowest BCUT2D eigenvalue weighted by Crippen LogP contribution is -2.48. The molecule has 36 heavy (non-hydrogen) atoms. The minimum absolute atomic E-state index is 0.0230. The van der Waals surface area contributed by atoms with Crippen LogP contribution in [0.1, 0.15) is 66.5 Å². The number of pyridine rings is 1. The molecule has 7 heteroatoms. The molecule has 2 fully saturated rings.